The number of benzene rings is 2. The van der Waals surface area contributed by atoms with Crippen molar-refractivity contribution < 1.29 is 13.9 Å². The van der Waals surface area contributed by atoms with Crippen molar-refractivity contribution in [3.05, 3.63) is 59.1 Å². The van der Waals surface area contributed by atoms with E-state index in [0.717, 1.165) is 11.3 Å². The van der Waals surface area contributed by atoms with E-state index < -0.39 is 5.82 Å². The Kier molecular flexibility index (Phi) is 5.43. The fraction of sp³-hybridized carbons (Fsp3) is 0.167. The Hall–Kier alpha value is -3.00. The molecule has 0 aliphatic carbocycles. The molecule has 1 amide bonds. The maximum Gasteiger partial charge on any atom is 0.226 e. The Morgan fingerprint density at radius 3 is 2.77 bits per heavy atom. The molecule has 0 aliphatic heterocycles. The first-order valence-corrected chi connectivity index (χ1v) is 8.32. The second-order valence-electron chi connectivity index (χ2n) is 5.54. The van der Waals surface area contributed by atoms with Crippen LogP contribution in [0.15, 0.2) is 48.5 Å². The summed E-state index contributed by atoms with van der Waals surface area (Å²) < 4.78 is 20.5. The highest BCUT2D eigenvalue weighted by Crippen LogP contribution is 2.21. The minimum absolute atomic E-state index is 0.174. The van der Waals surface area contributed by atoms with Gasteiger partial charge < -0.3 is 10.1 Å². The first-order valence-electron chi connectivity index (χ1n) is 7.92. The van der Waals surface area contributed by atoms with Gasteiger partial charge in [-0.05, 0) is 54.7 Å². The number of aromatic amines is 1. The lowest BCUT2D eigenvalue weighted by molar-refractivity contribution is -0.116. The van der Waals surface area contributed by atoms with E-state index in [1.807, 2.05) is 24.3 Å². The number of aromatic nitrogens is 3. The number of anilines is 1. The van der Waals surface area contributed by atoms with Gasteiger partial charge in [-0.1, -0.05) is 6.07 Å². The predicted molar refractivity (Wildman–Crippen MR) is 99.0 cm³/mol. The summed E-state index contributed by atoms with van der Waals surface area (Å²) in [6.07, 6.45) is 0.174. The Balaban J connectivity index is 1.71. The Morgan fingerprint density at radius 1 is 1.31 bits per heavy atom. The maximum absolute atomic E-state index is 13.2. The molecule has 0 fully saturated rings. The second-order valence-corrected chi connectivity index (χ2v) is 5.93. The molecule has 2 N–H and O–H groups in total. The molecule has 0 saturated carbocycles. The first-order chi connectivity index (χ1) is 12.6. The molecule has 134 valence electrons. The van der Waals surface area contributed by atoms with Crippen LogP contribution in [-0.4, -0.2) is 27.8 Å². The van der Waals surface area contributed by atoms with E-state index >= 15 is 0 Å². The average Bonchev–Trinajstić information content (AvgIpc) is 3.00. The topological polar surface area (TPSA) is 71.9 Å². The van der Waals surface area contributed by atoms with Gasteiger partial charge in [0.2, 0.25) is 5.91 Å². The van der Waals surface area contributed by atoms with Gasteiger partial charge in [-0.15, -0.1) is 0 Å². The van der Waals surface area contributed by atoms with Crippen molar-refractivity contribution in [3.8, 4) is 17.1 Å². The van der Waals surface area contributed by atoms with Gasteiger partial charge in [-0.2, -0.15) is 5.10 Å². The van der Waals surface area contributed by atoms with Crippen LogP contribution in [0.5, 0.6) is 5.75 Å². The zero-order valence-corrected chi connectivity index (χ0v) is 14.8. The third kappa shape index (κ3) is 4.15. The normalized spacial score (nSPS) is 10.5. The number of amides is 1. The molecule has 0 bridgehead atoms. The second kappa shape index (κ2) is 7.92. The Labute approximate surface area is 154 Å². The van der Waals surface area contributed by atoms with Crippen LogP contribution in [0.25, 0.3) is 11.4 Å². The molecule has 0 atom stereocenters. The average molecular weight is 372 g/mol. The molecule has 8 heteroatoms. The summed E-state index contributed by atoms with van der Waals surface area (Å²) in [5.74, 6) is 0.737. The molecular formula is C18H17FN4O2S. The summed E-state index contributed by atoms with van der Waals surface area (Å²) in [6.45, 7) is 0.345. The summed E-state index contributed by atoms with van der Waals surface area (Å²) in [5, 5.41) is 9.65. The van der Waals surface area contributed by atoms with E-state index in [9.17, 15) is 9.18 Å². The molecule has 26 heavy (non-hydrogen) atoms. The standard InChI is InChI=1S/C18H17FN4O2S/c1-25-15-7-5-12(6-8-15)17-21-22-18(26)23(17)10-9-16(24)20-14-4-2-3-13(19)11-14/h2-8,11H,9-10H2,1H3,(H,20,24)(H,22,26). The number of carbonyl (C=O) groups excluding carboxylic acids is 1. The number of H-pyrrole nitrogens is 1. The van der Waals surface area contributed by atoms with Crippen LogP contribution in [0.2, 0.25) is 0 Å². The summed E-state index contributed by atoms with van der Waals surface area (Å²) in [4.78, 5) is 12.1. The number of methoxy groups -OCH3 is 1. The van der Waals surface area contributed by atoms with Crippen LogP contribution in [0.4, 0.5) is 10.1 Å². The first kappa shape index (κ1) is 17.8. The zero-order valence-electron chi connectivity index (χ0n) is 14.0. The van der Waals surface area contributed by atoms with Gasteiger partial charge in [0.05, 0.1) is 7.11 Å². The van der Waals surface area contributed by atoms with Crippen molar-refractivity contribution in [1.29, 1.82) is 0 Å². The molecule has 0 radical (unpaired) electrons. The minimum Gasteiger partial charge on any atom is -0.497 e. The van der Waals surface area contributed by atoms with Crippen molar-refractivity contribution >= 4 is 23.8 Å². The van der Waals surface area contributed by atoms with Gasteiger partial charge in [0, 0.05) is 24.2 Å². The molecule has 2 aromatic carbocycles. The van der Waals surface area contributed by atoms with Crippen LogP contribution in [-0.2, 0) is 11.3 Å². The number of carbonyl (C=O) groups is 1. The number of hydrogen-bond donors (Lipinski definition) is 2. The Bertz CT molecular complexity index is 966. The third-order valence-electron chi connectivity index (χ3n) is 3.78. The van der Waals surface area contributed by atoms with Gasteiger partial charge >= 0.3 is 0 Å². The Morgan fingerprint density at radius 2 is 2.08 bits per heavy atom. The van der Waals surface area contributed by atoms with E-state index in [1.165, 1.54) is 12.1 Å². The highest BCUT2D eigenvalue weighted by molar-refractivity contribution is 7.71. The number of halogens is 1. The fourth-order valence-electron chi connectivity index (χ4n) is 2.49. The lowest BCUT2D eigenvalue weighted by atomic mass is 10.2. The number of hydrogen-bond acceptors (Lipinski definition) is 4. The number of ether oxygens (including phenoxy) is 1. The SMILES string of the molecule is COc1ccc(-c2n[nH]c(=S)n2CCC(=O)Nc2cccc(F)c2)cc1. The zero-order chi connectivity index (χ0) is 18.5. The van der Waals surface area contributed by atoms with Gasteiger partial charge in [-0.3, -0.25) is 14.5 Å². The predicted octanol–water partition coefficient (Wildman–Crippen LogP) is 3.78. The van der Waals surface area contributed by atoms with Crippen LogP contribution in [0, 0.1) is 10.6 Å². The van der Waals surface area contributed by atoms with E-state index in [4.69, 9.17) is 17.0 Å². The monoisotopic (exact) mass is 372 g/mol. The van der Waals surface area contributed by atoms with Crippen molar-refractivity contribution in [3.63, 3.8) is 0 Å². The van der Waals surface area contributed by atoms with Crippen LogP contribution < -0.4 is 10.1 Å². The number of nitrogens with one attached hydrogen (secondary N) is 2. The fourth-order valence-corrected chi connectivity index (χ4v) is 2.71. The van der Waals surface area contributed by atoms with Gasteiger partial charge in [0.15, 0.2) is 10.6 Å². The molecule has 6 nitrogen and oxygen atoms in total. The highest BCUT2D eigenvalue weighted by atomic mass is 32.1. The molecule has 0 saturated heterocycles. The lowest BCUT2D eigenvalue weighted by Crippen LogP contribution is -2.15. The van der Waals surface area contributed by atoms with E-state index in [1.54, 1.807) is 23.8 Å². The summed E-state index contributed by atoms with van der Waals surface area (Å²) >= 11 is 5.26. The van der Waals surface area contributed by atoms with Crippen LogP contribution >= 0.6 is 12.2 Å². The maximum atomic E-state index is 13.2. The highest BCUT2D eigenvalue weighted by Gasteiger charge is 2.11. The quantitative estimate of drug-likeness (QED) is 0.646. The summed E-state index contributed by atoms with van der Waals surface area (Å²) in [6, 6.07) is 13.2. The van der Waals surface area contributed by atoms with Crippen LogP contribution in [0.1, 0.15) is 6.42 Å². The lowest BCUT2D eigenvalue weighted by Gasteiger charge is -2.08. The number of nitrogens with zero attached hydrogens (tertiary/aromatic N) is 2. The molecule has 3 aromatic rings. The van der Waals surface area contributed by atoms with Crippen molar-refractivity contribution in [2.45, 2.75) is 13.0 Å². The molecule has 0 aliphatic rings. The van der Waals surface area contributed by atoms with Gasteiger partial charge in [0.1, 0.15) is 11.6 Å². The van der Waals surface area contributed by atoms with Crippen molar-refractivity contribution in [2.24, 2.45) is 0 Å². The third-order valence-corrected chi connectivity index (χ3v) is 4.09. The number of rotatable bonds is 6. The summed E-state index contributed by atoms with van der Waals surface area (Å²) in [5.41, 5.74) is 1.27. The molecule has 0 spiro atoms. The van der Waals surface area contributed by atoms with Gasteiger partial charge in [-0.25, -0.2) is 4.39 Å². The molecule has 0 unspecified atom stereocenters. The smallest absolute Gasteiger partial charge is 0.226 e. The van der Waals surface area contributed by atoms with E-state index in [0.29, 0.717) is 22.8 Å². The largest absolute Gasteiger partial charge is 0.497 e. The minimum atomic E-state index is -0.401. The van der Waals surface area contributed by atoms with Crippen LogP contribution in [0.3, 0.4) is 0 Å². The van der Waals surface area contributed by atoms with E-state index in [2.05, 4.69) is 15.5 Å². The molecular weight excluding hydrogens is 355 g/mol. The van der Waals surface area contributed by atoms with Crippen molar-refractivity contribution in [2.75, 3.05) is 12.4 Å². The summed E-state index contributed by atoms with van der Waals surface area (Å²) in [7, 11) is 1.60. The molecule has 3 rings (SSSR count). The molecule has 1 heterocycles. The van der Waals surface area contributed by atoms with Gasteiger partial charge in [0.25, 0.3) is 0 Å². The van der Waals surface area contributed by atoms with E-state index in [-0.39, 0.29) is 12.3 Å². The van der Waals surface area contributed by atoms with Crippen molar-refractivity contribution in [1.82, 2.24) is 14.8 Å². The molecule has 1 aromatic heterocycles.